The molecule has 2 heterocycles. The van der Waals surface area contributed by atoms with Gasteiger partial charge in [-0.1, -0.05) is 41.0 Å². The van der Waals surface area contributed by atoms with Crippen LogP contribution >= 0.6 is 23.4 Å². The van der Waals surface area contributed by atoms with Crippen LogP contribution in [0.15, 0.2) is 57.9 Å². The van der Waals surface area contributed by atoms with E-state index in [1.807, 2.05) is 55.1 Å². The summed E-state index contributed by atoms with van der Waals surface area (Å²) in [5.74, 6) is 1.69. The van der Waals surface area contributed by atoms with Crippen LogP contribution in [-0.4, -0.2) is 47.0 Å². The van der Waals surface area contributed by atoms with Crippen LogP contribution in [0.1, 0.15) is 39.4 Å². The number of thioether (sulfide) groups is 1. The van der Waals surface area contributed by atoms with Crippen LogP contribution in [-0.2, 0) is 12.3 Å². The molecule has 32 heavy (non-hydrogen) atoms. The molecule has 1 amide bonds. The van der Waals surface area contributed by atoms with Crippen LogP contribution in [0.4, 0.5) is 0 Å². The first kappa shape index (κ1) is 22.9. The molecule has 2 aromatic carbocycles. The molecule has 0 N–H and O–H groups in total. The summed E-state index contributed by atoms with van der Waals surface area (Å²) in [7, 11) is 0. The molecule has 168 valence electrons. The quantitative estimate of drug-likeness (QED) is 0.441. The Kier molecular flexibility index (Phi) is 7.55. The molecule has 0 aliphatic carbocycles. The number of hydrogen-bond donors (Lipinski definition) is 0. The van der Waals surface area contributed by atoms with Crippen molar-refractivity contribution >= 4 is 29.3 Å². The van der Waals surface area contributed by atoms with E-state index in [-0.39, 0.29) is 5.91 Å². The first-order chi connectivity index (χ1) is 15.5. The number of carbonyl (C=O) groups excluding carboxylic acids is 1. The highest BCUT2D eigenvalue weighted by Gasteiger charge is 2.23. The lowest BCUT2D eigenvalue weighted by molar-refractivity contribution is 0.0757. The topological polar surface area (TPSA) is 49.6 Å². The highest BCUT2D eigenvalue weighted by atomic mass is 35.5. The molecule has 1 aliphatic rings. The highest BCUT2D eigenvalue weighted by molar-refractivity contribution is 7.98. The van der Waals surface area contributed by atoms with Gasteiger partial charge < -0.3 is 9.42 Å². The molecule has 0 radical (unpaired) electrons. The van der Waals surface area contributed by atoms with Gasteiger partial charge in [0.15, 0.2) is 0 Å². The van der Waals surface area contributed by atoms with Gasteiger partial charge in [0, 0.05) is 54.0 Å². The van der Waals surface area contributed by atoms with E-state index in [0.29, 0.717) is 0 Å². The van der Waals surface area contributed by atoms with Crippen LogP contribution in [0, 0.1) is 13.8 Å². The number of nitrogens with zero attached hydrogens (tertiary/aromatic N) is 3. The van der Waals surface area contributed by atoms with Crippen LogP contribution < -0.4 is 0 Å². The Hall–Kier alpha value is -2.28. The van der Waals surface area contributed by atoms with Gasteiger partial charge in [-0.25, -0.2) is 0 Å². The molecule has 7 heteroatoms. The Labute approximate surface area is 198 Å². The maximum atomic E-state index is 13.4. The summed E-state index contributed by atoms with van der Waals surface area (Å²) in [6.07, 6.45) is 0.966. The average Bonchev–Trinajstić information content (AvgIpc) is 2.98. The fourth-order valence-electron chi connectivity index (χ4n) is 3.98. The maximum absolute atomic E-state index is 13.4. The molecular weight excluding hydrogens is 442 g/mol. The minimum absolute atomic E-state index is 0.111. The number of rotatable bonds is 6. The SMILES string of the molecule is Cc1noc(C)c1CSc1ccccc1C(=O)N1CCCN(Cc2ccc(Cl)cc2)CC1. The lowest BCUT2D eigenvalue weighted by Crippen LogP contribution is -2.35. The fourth-order valence-corrected chi connectivity index (χ4v) is 5.30. The largest absolute Gasteiger partial charge is 0.361 e. The normalized spacial score (nSPS) is 15.0. The zero-order valence-electron chi connectivity index (χ0n) is 18.5. The van der Waals surface area contributed by atoms with E-state index in [9.17, 15) is 4.79 Å². The van der Waals surface area contributed by atoms with Gasteiger partial charge in [-0.2, -0.15) is 0 Å². The average molecular weight is 470 g/mol. The second-order valence-corrected chi connectivity index (χ2v) is 9.59. The van der Waals surface area contributed by atoms with Gasteiger partial charge in [0.25, 0.3) is 5.91 Å². The number of carbonyl (C=O) groups is 1. The van der Waals surface area contributed by atoms with E-state index >= 15 is 0 Å². The standard InChI is InChI=1S/C25H28ClN3O2S/c1-18-23(19(2)31-27-18)17-32-24-7-4-3-6-22(24)25(30)29-13-5-12-28(14-15-29)16-20-8-10-21(26)11-9-20/h3-4,6-11H,5,12-17H2,1-2H3. The highest BCUT2D eigenvalue weighted by Crippen LogP contribution is 2.29. The van der Waals surface area contributed by atoms with Gasteiger partial charge in [-0.05, 0) is 50.1 Å². The van der Waals surface area contributed by atoms with E-state index in [1.54, 1.807) is 11.8 Å². The predicted molar refractivity (Wildman–Crippen MR) is 129 cm³/mol. The van der Waals surface area contributed by atoms with E-state index in [1.165, 1.54) is 5.56 Å². The van der Waals surface area contributed by atoms with Crippen molar-refractivity contribution in [1.82, 2.24) is 15.0 Å². The molecule has 1 fully saturated rings. The zero-order chi connectivity index (χ0) is 22.5. The first-order valence-electron chi connectivity index (χ1n) is 10.9. The van der Waals surface area contributed by atoms with Gasteiger partial charge in [0.1, 0.15) is 5.76 Å². The van der Waals surface area contributed by atoms with Crippen molar-refractivity contribution in [3.05, 3.63) is 81.7 Å². The number of halogens is 1. The Morgan fingerprint density at radius 3 is 2.59 bits per heavy atom. The van der Waals surface area contributed by atoms with Gasteiger partial charge in [0.2, 0.25) is 0 Å². The molecule has 0 bridgehead atoms. The second kappa shape index (κ2) is 10.6. The second-order valence-electron chi connectivity index (χ2n) is 8.14. The molecular formula is C25H28ClN3O2S. The van der Waals surface area contributed by atoms with E-state index in [0.717, 1.165) is 77.4 Å². The van der Waals surface area contributed by atoms with E-state index in [4.69, 9.17) is 16.1 Å². The van der Waals surface area contributed by atoms with Crippen LogP contribution in [0.5, 0.6) is 0 Å². The smallest absolute Gasteiger partial charge is 0.255 e. The minimum Gasteiger partial charge on any atom is -0.361 e. The zero-order valence-corrected chi connectivity index (χ0v) is 20.1. The molecule has 1 aromatic heterocycles. The number of aromatic nitrogens is 1. The van der Waals surface area contributed by atoms with E-state index < -0.39 is 0 Å². The van der Waals surface area contributed by atoms with Crippen LogP contribution in [0.3, 0.4) is 0 Å². The summed E-state index contributed by atoms with van der Waals surface area (Å²) in [6, 6.07) is 15.9. The molecule has 3 aromatic rings. The number of benzene rings is 2. The molecule has 0 spiro atoms. The molecule has 0 saturated carbocycles. The Bertz CT molecular complexity index is 1050. The predicted octanol–water partition coefficient (Wildman–Crippen LogP) is 5.59. The lowest BCUT2D eigenvalue weighted by Gasteiger charge is -2.23. The Morgan fingerprint density at radius 2 is 1.84 bits per heavy atom. The Balaban J connectivity index is 1.40. The van der Waals surface area contributed by atoms with Gasteiger partial charge in [-0.15, -0.1) is 11.8 Å². The minimum atomic E-state index is 0.111. The maximum Gasteiger partial charge on any atom is 0.255 e. The summed E-state index contributed by atoms with van der Waals surface area (Å²) in [5.41, 5.74) is 4.03. The third-order valence-electron chi connectivity index (χ3n) is 5.87. The third kappa shape index (κ3) is 5.55. The fraction of sp³-hybridized carbons (Fsp3) is 0.360. The molecule has 1 saturated heterocycles. The van der Waals surface area contributed by atoms with Crippen molar-refractivity contribution < 1.29 is 9.32 Å². The molecule has 5 nitrogen and oxygen atoms in total. The van der Waals surface area contributed by atoms with Gasteiger partial charge in [0.05, 0.1) is 11.3 Å². The molecule has 0 atom stereocenters. The third-order valence-corrected chi connectivity index (χ3v) is 7.22. The van der Waals surface area contributed by atoms with Crippen LogP contribution in [0.2, 0.25) is 5.02 Å². The number of aryl methyl sites for hydroxylation is 2. The number of hydrogen-bond acceptors (Lipinski definition) is 5. The van der Waals surface area contributed by atoms with Crippen molar-refractivity contribution in [2.75, 3.05) is 26.2 Å². The van der Waals surface area contributed by atoms with Crippen molar-refractivity contribution in [3.63, 3.8) is 0 Å². The summed E-state index contributed by atoms with van der Waals surface area (Å²) >= 11 is 7.67. The molecule has 0 unspecified atom stereocenters. The monoisotopic (exact) mass is 469 g/mol. The van der Waals surface area contributed by atoms with Gasteiger partial charge >= 0.3 is 0 Å². The van der Waals surface area contributed by atoms with Crippen LogP contribution in [0.25, 0.3) is 0 Å². The molecule has 1 aliphatic heterocycles. The summed E-state index contributed by atoms with van der Waals surface area (Å²) in [4.78, 5) is 18.8. The first-order valence-corrected chi connectivity index (χ1v) is 12.3. The summed E-state index contributed by atoms with van der Waals surface area (Å²) in [5, 5.41) is 4.79. The van der Waals surface area contributed by atoms with Crippen molar-refractivity contribution in [3.8, 4) is 0 Å². The van der Waals surface area contributed by atoms with Crippen molar-refractivity contribution in [1.29, 1.82) is 0 Å². The lowest BCUT2D eigenvalue weighted by atomic mass is 10.2. The Morgan fingerprint density at radius 1 is 1.06 bits per heavy atom. The number of amides is 1. The summed E-state index contributed by atoms with van der Waals surface area (Å²) < 4.78 is 5.28. The van der Waals surface area contributed by atoms with Crippen molar-refractivity contribution in [2.45, 2.75) is 37.5 Å². The summed E-state index contributed by atoms with van der Waals surface area (Å²) in [6.45, 7) is 8.12. The van der Waals surface area contributed by atoms with Crippen molar-refractivity contribution in [2.24, 2.45) is 0 Å². The van der Waals surface area contributed by atoms with Gasteiger partial charge in [-0.3, -0.25) is 9.69 Å². The molecule has 4 rings (SSSR count). The van der Waals surface area contributed by atoms with E-state index in [2.05, 4.69) is 22.2 Å².